The van der Waals surface area contributed by atoms with Crippen LogP contribution in [0.15, 0.2) is 48.5 Å². The van der Waals surface area contributed by atoms with Crippen LogP contribution in [-0.4, -0.2) is 59.9 Å². The van der Waals surface area contributed by atoms with Gasteiger partial charge in [-0.3, -0.25) is 9.59 Å². The van der Waals surface area contributed by atoms with Gasteiger partial charge in [-0.15, -0.1) is 11.6 Å². The van der Waals surface area contributed by atoms with Crippen molar-refractivity contribution in [2.24, 2.45) is 11.3 Å². The van der Waals surface area contributed by atoms with Crippen LogP contribution in [0.3, 0.4) is 0 Å². The summed E-state index contributed by atoms with van der Waals surface area (Å²) in [5.41, 5.74) is -0.829. The second kappa shape index (κ2) is 21.6. The molecular weight excluding hydrogens is 612 g/mol. The second-order valence-electron chi connectivity index (χ2n) is 12.0. The van der Waals surface area contributed by atoms with Gasteiger partial charge >= 0.3 is 17.9 Å². The van der Waals surface area contributed by atoms with E-state index in [1.807, 2.05) is 13.8 Å². The largest absolute Gasteiger partial charge is 0.494 e. The molecule has 0 radical (unpaired) electrons. The zero-order chi connectivity index (χ0) is 33.8. The molecule has 46 heavy (non-hydrogen) atoms. The Morgan fingerprint density at radius 3 is 1.67 bits per heavy atom. The number of carbonyl (C=O) groups is 3. The molecule has 0 amide bonds. The normalized spacial score (nSPS) is 12.7. The van der Waals surface area contributed by atoms with Gasteiger partial charge in [-0.25, -0.2) is 4.79 Å². The first kappa shape index (κ1) is 39.0. The van der Waals surface area contributed by atoms with E-state index < -0.39 is 41.9 Å². The Balaban J connectivity index is 1.52. The van der Waals surface area contributed by atoms with Gasteiger partial charge in [-0.2, -0.15) is 0 Å². The van der Waals surface area contributed by atoms with Crippen molar-refractivity contribution in [2.75, 3.05) is 26.4 Å². The molecule has 0 aliphatic rings. The van der Waals surface area contributed by atoms with Gasteiger partial charge < -0.3 is 29.2 Å². The molecule has 256 valence electrons. The average molecular weight is 663 g/mol. The smallest absolute Gasteiger partial charge is 0.343 e. The summed E-state index contributed by atoms with van der Waals surface area (Å²) in [5, 5.41) is 17.7. The lowest BCUT2D eigenvalue weighted by Crippen LogP contribution is -2.37. The molecule has 0 heterocycles. The van der Waals surface area contributed by atoms with E-state index >= 15 is 0 Å². The molecule has 0 aliphatic heterocycles. The van der Waals surface area contributed by atoms with Gasteiger partial charge in [0.15, 0.2) is 0 Å². The number of esters is 3. The summed E-state index contributed by atoms with van der Waals surface area (Å²) in [6, 6.07) is 13.1. The van der Waals surface area contributed by atoms with Crippen molar-refractivity contribution >= 4 is 29.5 Å². The summed E-state index contributed by atoms with van der Waals surface area (Å²) in [6.07, 6.45) is 11.6. The van der Waals surface area contributed by atoms with Crippen molar-refractivity contribution in [1.29, 1.82) is 0 Å². The number of unbranched alkanes of at least 4 members (excludes halogenated alkanes) is 9. The van der Waals surface area contributed by atoms with Crippen molar-refractivity contribution in [3.63, 3.8) is 0 Å². The molecule has 2 atom stereocenters. The number of ether oxygens (including phenoxy) is 4. The number of halogens is 1. The van der Waals surface area contributed by atoms with Crippen LogP contribution in [0.1, 0.15) is 102 Å². The van der Waals surface area contributed by atoms with Crippen LogP contribution in [0.25, 0.3) is 0 Å². The van der Waals surface area contributed by atoms with Gasteiger partial charge in [0.05, 0.1) is 32.0 Å². The fourth-order valence-corrected chi connectivity index (χ4v) is 4.59. The van der Waals surface area contributed by atoms with Gasteiger partial charge in [0.2, 0.25) is 0 Å². The second-order valence-corrected chi connectivity index (χ2v) is 12.5. The predicted molar refractivity (Wildman–Crippen MR) is 177 cm³/mol. The molecular formula is C36H51ClO9. The molecule has 0 aromatic heterocycles. The van der Waals surface area contributed by atoms with Crippen LogP contribution in [0.2, 0.25) is 0 Å². The van der Waals surface area contributed by atoms with Gasteiger partial charge in [-0.1, -0.05) is 71.6 Å². The molecule has 0 bridgehead atoms. The third kappa shape index (κ3) is 14.1. The Morgan fingerprint density at radius 2 is 1.17 bits per heavy atom. The molecule has 2 aromatic carbocycles. The van der Waals surface area contributed by atoms with Crippen LogP contribution in [0, 0.1) is 11.3 Å². The van der Waals surface area contributed by atoms with Crippen molar-refractivity contribution in [2.45, 2.75) is 96.8 Å². The fraction of sp³-hybridized carbons (Fsp3) is 0.583. The summed E-state index contributed by atoms with van der Waals surface area (Å²) in [7, 11) is 0. The van der Waals surface area contributed by atoms with Gasteiger partial charge in [0, 0.05) is 0 Å². The Hall–Kier alpha value is -3.14. The number of hydrogen-bond acceptors (Lipinski definition) is 9. The highest BCUT2D eigenvalue weighted by Gasteiger charge is 2.33. The van der Waals surface area contributed by atoms with Crippen molar-refractivity contribution in [3.8, 4) is 17.2 Å². The SMILES string of the molecule is CCC(C)C(Cl)C(=O)Oc1ccc(OC(=O)c2ccc(OCCCCCCCCCCCCOC(=O)C(C)(CO)CO)cc2)cc1. The first-order chi connectivity index (χ1) is 22.1. The molecule has 10 heteroatoms. The minimum atomic E-state index is -1.23. The highest BCUT2D eigenvalue weighted by atomic mass is 35.5. The number of benzene rings is 2. The maximum absolute atomic E-state index is 12.5. The number of rotatable bonds is 23. The van der Waals surface area contributed by atoms with E-state index in [2.05, 4.69) is 0 Å². The van der Waals surface area contributed by atoms with Crippen molar-refractivity contribution in [3.05, 3.63) is 54.1 Å². The Labute approximate surface area is 278 Å². The zero-order valence-electron chi connectivity index (χ0n) is 27.5. The quantitative estimate of drug-likeness (QED) is 0.0546. The van der Waals surface area contributed by atoms with Gasteiger partial charge in [0.1, 0.15) is 28.0 Å². The lowest BCUT2D eigenvalue weighted by Gasteiger charge is -2.22. The van der Waals surface area contributed by atoms with Crippen LogP contribution in [0.5, 0.6) is 17.2 Å². The first-order valence-electron chi connectivity index (χ1n) is 16.4. The molecule has 9 nitrogen and oxygen atoms in total. The molecule has 0 saturated carbocycles. The zero-order valence-corrected chi connectivity index (χ0v) is 28.3. The minimum Gasteiger partial charge on any atom is -0.494 e. The monoisotopic (exact) mass is 662 g/mol. The average Bonchev–Trinajstić information content (AvgIpc) is 3.08. The van der Waals surface area contributed by atoms with E-state index in [1.165, 1.54) is 26.2 Å². The fourth-order valence-electron chi connectivity index (χ4n) is 4.37. The van der Waals surface area contributed by atoms with E-state index in [1.54, 1.807) is 48.5 Å². The molecule has 2 unspecified atom stereocenters. The molecule has 0 fully saturated rings. The van der Waals surface area contributed by atoms with E-state index in [0.29, 0.717) is 36.0 Å². The van der Waals surface area contributed by atoms with Crippen molar-refractivity contribution in [1.82, 2.24) is 0 Å². The number of carbonyl (C=O) groups excluding carboxylic acids is 3. The number of aliphatic hydroxyl groups is 2. The maximum Gasteiger partial charge on any atom is 0.343 e. The predicted octanol–water partition coefficient (Wildman–Crippen LogP) is 7.28. The molecule has 2 rings (SSSR count). The summed E-state index contributed by atoms with van der Waals surface area (Å²) in [5.74, 6) is -0.201. The van der Waals surface area contributed by atoms with Crippen LogP contribution < -0.4 is 14.2 Å². The lowest BCUT2D eigenvalue weighted by atomic mass is 9.93. The molecule has 0 spiro atoms. The van der Waals surface area contributed by atoms with Crippen molar-refractivity contribution < 1.29 is 43.5 Å². The molecule has 2 aromatic rings. The summed E-state index contributed by atoms with van der Waals surface area (Å²) < 4.78 is 21.7. The minimum absolute atomic E-state index is 0.000518. The standard InChI is InChI=1S/C36H51ClO9/c1-4-27(2)32(37)34(41)46-31-21-19-30(20-22-31)45-33(40)28-15-17-29(18-16-28)43-23-13-11-9-7-5-6-8-10-12-14-24-44-35(42)36(3,25-38)26-39/h15-22,27,32,38-39H,4-14,23-26H2,1-3H3. The molecule has 2 N–H and O–H groups in total. The Kier molecular flexibility index (Phi) is 18.3. The summed E-state index contributed by atoms with van der Waals surface area (Å²) in [6.45, 7) is 5.41. The maximum atomic E-state index is 12.5. The Morgan fingerprint density at radius 1 is 0.717 bits per heavy atom. The van der Waals surface area contributed by atoms with Crippen LogP contribution >= 0.6 is 11.6 Å². The molecule has 0 saturated heterocycles. The van der Waals surface area contributed by atoms with E-state index in [-0.39, 0.29) is 5.92 Å². The number of aliphatic hydroxyl groups excluding tert-OH is 2. The third-order valence-electron chi connectivity index (χ3n) is 7.94. The number of hydrogen-bond donors (Lipinski definition) is 2. The summed E-state index contributed by atoms with van der Waals surface area (Å²) >= 11 is 6.14. The van der Waals surface area contributed by atoms with Gasteiger partial charge in [0.25, 0.3) is 0 Å². The highest BCUT2D eigenvalue weighted by Crippen LogP contribution is 2.23. The lowest BCUT2D eigenvalue weighted by molar-refractivity contribution is -0.160. The van der Waals surface area contributed by atoms with E-state index in [9.17, 15) is 24.6 Å². The Bertz CT molecular complexity index is 1160. The number of alkyl halides is 1. The van der Waals surface area contributed by atoms with E-state index in [4.69, 9.17) is 30.5 Å². The van der Waals surface area contributed by atoms with Crippen LogP contribution in [-0.2, 0) is 14.3 Å². The van der Waals surface area contributed by atoms with Crippen LogP contribution in [0.4, 0.5) is 0 Å². The van der Waals surface area contributed by atoms with E-state index in [0.717, 1.165) is 51.4 Å². The summed E-state index contributed by atoms with van der Waals surface area (Å²) in [4.78, 5) is 36.6. The highest BCUT2D eigenvalue weighted by molar-refractivity contribution is 6.30. The first-order valence-corrected chi connectivity index (χ1v) is 16.9. The van der Waals surface area contributed by atoms with Gasteiger partial charge in [-0.05, 0) is 74.2 Å². The molecule has 0 aliphatic carbocycles. The topological polar surface area (TPSA) is 129 Å². The third-order valence-corrected chi connectivity index (χ3v) is 8.55.